The molecule has 0 aromatic heterocycles. The van der Waals surface area contributed by atoms with E-state index in [0.29, 0.717) is 38.5 Å². The van der Waals surface area contributed by atoms with E-state index >= 15 is 0 Å². The second-order valence-corrected chi connectivity index (χ2v) is 27.6. The Labute approximate surface area is 490 Å². The number of allylic oxidation sites excluding steroid dienone is 2. The molecule has 4 saturated carbocycles. The van der Waals surface area contributed by atoms with Gasteiger partial charge in [-0.05, 0) is 124 Å². The number of ether oxygens (including phenoxy) is 10. The monoisotopic (exact) mass is 1210 g/mol. The predicted molar refractivity (Wildman–Crippen MR) is 287 cm³/mol. The first-order chi connectivity index (χ1) is 39.4. The Kier molecular flexibility index (Phi) is 20.6. The summed E-state index contributed by atoms with van der Waals surface area (Å²) in [5.41, 5.74) is -1.72. The molecule has 0 bridgehead atoms. The van der Waals surface area contributed by atoms with E-state index in [2.05, 4.69) is 40.7 Å². The first kappa shape index (κ1) is 67.1. The fraction of sp³-hybridized carbons (Fsp3) is 0.966. The van der Waals surface area contributed by atoms with Gasteiger partial charge in [0.05, 0.1) is 50.8 Å². The summed E-state index contributed by atoms with van der Waals surface area (Å²) in [6, 6.07) is 0. The maximum atomic E-state index is 12.9. The number of hydrogen-bond acceptors (Lipinski definition) is 26. The largest absolute Gasteiger partial charge is 0.394 e. The van der Waals surface area contributed by atoms with Crippen LogP contribution in [0.3, 0.4) is 0 Å². The quantitative estimate of drug-likeness (QED) is 0.0477. The molecule has 33 atom stereocenters. The Morgan fingerprint density at radius 3 is 1.70 bits per heavy atom. The van der Waals surface area contributed by atoms with Crippen molar-refractivity contribution in [2.45, 2.75) is 272 Å². The molecule has 5 saturated heterocycles. The van der Waals surface area contributed by atoms with Crippen LogP contribution in [0.15, 0.2) is 11.6 Å². The summed E-state index contributed by atoms with van der Waals surface area (Å²) in [4.78, 5) is 0. The van der Waals surface area contributed by atoms with Crippen LogP contribution in [0.5, 0.6) is 0 Å². The second kappa shape index (κ2) is 25.8. The van der Waals surface area contributed by atoms with Crippen molar-refractivity contribution in [3.63, 3.8) is 0 Å². The minimum Gasteiger partial charge on any atom is -0.394 e. The highest BCUT2D eigenvalue weighted by Crippen LogP contribution is 2.76. The number of fused-ring (bicyclic) bond motifs is 5. The Balaban J connectivity index is 0.918. The Morgan fingerprint density at radius 1 is 0.524 bits per heavy atom. The van der Waals surface area contributed by atoms with Crippen LogP contribution in [0.25, 0.3) is 0 Å². The van der Waals surface area contributed by atoms with Crippen molar-refractivity contribution in [3.8, 4) is 0 Å². The van der Waals surface area contributed by atoms with E-state index in [1.54, 1.807) is 0 Å². The molecular weight excluding hydrogens is 1110 g/mol. The van der Waals surface area contributed by atoms with E-state index in [-0.39, 0.29) is 34.5 Å². The van der Waals surface area contributed by atoms with Crippen molar-refractivity contribution in [1.29, 1.82) is 0 Å². The van der Waals surface area contributed by atoms with Gasteiger partial charge in [0.2, 0.25) is 0 Å². The number of aliphatic hydroxyl groups is 16. The van der Waals surface area contributed by atoms with Crippen LogP contribution in [-0.2, 0) is 47.4 Å². The van der Waals surface area contributed by atoms with Crippen molar-refractivity contribution < 1.29 is 129 Å². The molecule has 84 heavy (non-hydrogen) atoms. The topological polar surface area (TPSA) is 416 Å². The van der Waals surface area contributed by atoms with Gasteiger partial charge in [0.15, 0.2) is 31.5 Å². The van der Waals surface area contributed by atoms with Crippen LogP contribution in [0.4, 0.5) is 0 Å². The van der Waals surface area contributed by atoms with Crippen LogP contribution in [0, 0.1) is 45.3 Å². The summed E-state index contributed by atoms with van der Waals surface area (Å²) in [5, 5.41) is 174. The van der Waals surface area contributed by atoms with Gasteiger partial charge in [0, 0.05) is 0 Å². The standard InChI is InChI=1S/C58H98O26/c1-24(2)10-9-14-58(8,84-51-46(74)42(70)39(67)31(80-51)23-76-52-47(40(68)30(21-61)78-52)82-49-44(72)36(64)27(63)22-75-49)25-11-16-57(7)35(25)26(62)18-33-55(5)15-13-34(54(3,4)32(55)12-17-56(33,57)6)81-53-48(43(71)38(66)29(20-60)79-53)83-50-45(73)41(69)37(65)28(19-59)77-50/h10,25-53,59-74H,9,11-23H2,1-8H3/t25-,26+,27-,28+,29+,30+,31+,32?,33+,34-,35?,36-,37+,38+,39+,40+,41-,42-,43-,44-,45+,46+,47-,48+,49+,50-,51-,52-,53-,55-,56+,57+,58+/m1/s1. The molecule has 9 fully saturated rings. The third-order valence-corrected chi connectivity index (χ3v) is 22.3. The fourth-order valence-electron chi connectivity index (χ4n) is 17.2. The Hall–Kier alpha value is -1.30. The molecule has 16 N–H and O–H groups in total. The summed E-state index contributed by atoms with van der Waals surface area (Å²) < 4.78 is 60.9. The lowest BCUT2D eigenvalue weighted by molar-refractivity contribution is -0.378. The lowest BCUT2D eigenvalue weighted by Crippen LogP contribution is -2.68. The van der Waals surface area contributed by atoms with Crippen LogP contribution in [0.2, 0.25) is 0 Å². The van der Waals surface area contributed by atoms with Gasteiger partial charge in [0.1, 0.15) is 110 Å². The summed E-state index contributed by atoms with van der Waals surface area (Å²) >= 11 is 0. The molecular formula is C58H98O26. The third-order valence-electron chi connectivity index (χ3n) is 22.3. The highest BCUT2D eigenvalue weighted by atomic mass is 16.8. The van der Waals surface area contributed by atoms with Gasteiger partial charge in [-0.2, -0.15) is 0 Å². The molecule has 0 spiro atoms. The van der Waals surface area contributed by atoms with Gasteiger partial charge >= 0.3 is 0 Å². The lowest BCUT2D eigenvalue weighted by atomic mass is 9.35. The zero-order chi connectivity index (χ0) is 61.5. The molecule has 0 radical (unpaired) electrons. The molecule has 0 aromatic rings. The average Bonchev–Trinajstić information content (AvgIpc) is 1.32. The number of rotatable bonds is 18. The zero-order valence-corrected chi connectivity index (χ0v) is 49.5. The molecule has 5 aliphatic heterocycles. The van der Waals surface area contributed by atoms with Crippen molar-refractivity contribution in [3.05, 3.63) is 11.6 Å². The highest BCUT2D eigenvalue weighted by Gasteiger charge is 2.72. The minimum absolute atomic E-state index is 0.0176. The molecule has 26 nitrogen and oxygen atoms in total. The second-order valence-electron chi connectivity index (χ2n) is 27.6. The van der Waals surface area contributed by atoms with Gasteiger partial charge in [-0.25, -0.2) is 0 Å². The first-order valence-electron chi connectivity index (χ1n) is 30.2. The van der Waals surface area contributed by atoms with Crippen molar-refractivity contribution in [1.82, 2.24) is 0 Å². The van der Waals surface area contributed by atoms with Gasteiger partial charge in [-0.3, -0.25) is 0 Å². The summed E-state index contributed by atoms with van der Waals surface area (Å²) in [6.07, 6.45) is -29.8. The summed E-state index contributed by atoms with van der Waals surface area (Å²) in [6.45, 7) is 14.1. The van der Waals surface area contributed by atoms with Crippen LogP contribution in [-0.4, -0.2) is 274 Å². The molecule has 486 valence electrons. The predicted octanol–water partition coefficient (Wildman–Crippen LogP) is -3.10. The normalized spacial score (nSPS) is 52.9. The Morgan fingerprint density at radius 2 is 1.06 bits per heavy atom. The van der Waals surface area contributed by atoms with Crippen molar-refractivity contribution >= 4 is 0 Å². The molecule has 5 heterocycles. The zero-order valence-electron chi connectivity index (χ0n) is 49.5. The van der Waals surface area contributed by atoms with Gasteiger partial charge < -0.3 is 129 Å². The summed E-state index contributed by atoms with van der Waals surface area (Å²) in [7, 11) is 0. The number of aliphatic hydroxyl groups excluding tert-OH is 16. The maximum Gasteiger partial charge on any atom is 0.187 e. The van der Waals surface area contributed by atoms with Gasteiger partial charge in [-0.15, -0.1) is 0 Å². The van der Waals surface area contributed by atoms with E-state index in [9.17, 15) is 81.7 Å². The van der Waals surface area contributed by atoms with E-state index in [0.717, 1.165) is 24.8 Å². The van der Waals surface area contributed by atoms with Crippen LogP contribution in [0.1, 0.15) is 113 Å². The van der Waals surface area contributed by atoms with Crippen LogP contribution < -0.4 is 0 Å². The SMILES string of the molecule is CC(C)=CCC[C@](C)(O[C@H]1O[C@@H](CO[C@@H]2O[C@@H](CO)[C@H](O)[C@H]2O[C@@H]2OC[C@@H](O)[C@@H](O)[C@H]2O)[C@H](O)[C@@H](O)[C@@H]1O)[C@@H]1CC[C@@]2(C)C1[C@@H](O)C[C@@H]1[C@]2(C)CCC2C(C)(C)[C@H](O[C@H]3O[C@@H](CO)[C@H](O)[C@@H](O)[C@@H]3O[C@H]3O[C@@H](CO)[C@H](O)[C@@H](O)[C@@H]3O)CC[C@]21C. The molecule has 2 unspecified atom stereocenters. The smallest absolute Gasteiger partial charge is 0.187 e. The molecule has 0 amide bonds. The van der Waals surface area contributed by atoms with E-state index in [1.165, 1.54) is 0 Å². The molecule has 0 aromatic carbocycles. The van der Waals surface area contributed by atoms with Gasteiger partial charge in [-0.1, -0.05) is 46.3 Å². The van der Waals surface area contributed by atoms with Crippen molar-refractivity contribution in [2.24, 2.45) is 45.3 Å². The minimum atomic E-state index is -1.83. The highest BCUT2D eigenvalue weighted by molar-refractivity contribution is 5.21. The molecule has 26 heteroatoms. The van der Waals surface area contributed by atoms with E-state index < -0.39 is 203 Å². The third kappa shape index (κ3) is 11.9. The molecule has 4 aliphatic carbocycles. The summed E-state index contributed by atoms with van der Waals surface area (Å²) in [5.74, 6) is -0.565. The molecule has 9 aliphatic rings. The molecule has 9 rings (SSSR count). The number of hydrogen-bond donors (Lipinski definition) is 16. The van der Waals surface area contributed by atoms with Crippen molar-refractivity contribution in [2.75, 3.05) is 33.0 Å². The van der Waals surface area contributed by atoms with E-state index in [4.69, 9.17) is 47.4 Å². The average molecular weight is 1210 g/mol. The van der Waals surface area contributed by atoms with Gasteiger partial charge in [0.25, 0.3) is 0 Å². The lowest BCUT2D eigenvalue weighted by Gasteiger charge is -2.71. The Bertz CT molecular complexity index is 2210. The van der Waals surface area contributed by atoms with E-state index in [1.807, 2.05) is 20.8 Å². The van der Waals surface area contributed by atoms with Crippen LogP contribution >= 0.6 is 0 Å². The maximum absolute atomic E-state index is 12.9. The fourth-order valence-corrected chi connectivity index (χ4v) is 17.2. The first-order valence-corrected chi connectivity index (χ1v) is 30.2.